The van der Waals surface area contributed by atoms with Crippen LogP contribution in [0.25, 0.3) is 0 Å². The predicted octanol–water partition coefficient (Wildman–Crippen LogP) is -0.684. The maximum atomic E-state index is 7.78. The van der Waals surface area contributed by atoms with Crippen LogP contribution in [0.4, 0.5) is 0 Å². The first-order valence-electron chi connectivity index (χ1n) is 0.841. The number of rotatable bonds is 0. The van der Waals surface area contributed by atoms with Gasteiger partial charge in [-0.3, -0.25) is 5.50 Å². The summed E-state index contributed by atoms with van der Waals surface area (Å²) in [5.41, 5.74) is 4.39. The van der Waals surface area contributed by atoms with Gasteiger partial charge < -0.3 is 15.9 Å². The Bertz CT molecular complexity index is 57.7. The molecule has 6 heteroatoms. The van der Waals surface area contributed by atoms with Crippen LogP contribution in [0.1, 0.15) is 0 Å². The van der Waals surface area contributed by atoms with E-state index in [1.807, 2.05) is 0 Å². The predicted molar refractivity (Wildman–Crippen MR) is 27.9 cm³/mol. The molecular formula is H7N2O2PS. The minimum absolute atomic E-state index is 0. The lowest BCUT2D eigenvalue weighted by molar-refractivity contribution is 0.481. The third-order valence-corrected chi connectivity index (χ3v) is 0. The molecule has 0 aliphatic carbocycles. The molecular weight excluding hydrogens is 123 g/mol. The Balaban J connectivity index is 0. The summed E-state index contributed by atoms with van der Waals surface area (Å²) in [6.07, 6.45) is 0. The van der Waals surface area contributed by atoms with Gasteiger partial charge in [-0.1, -0.05) is 0 Å². The van der Waals surface area contributed by atoms with Crippen molar-refractivity contribution in [1.29, 1.82) is 0 Å². The van der Waals surface area contributed by atoms with Crippen molar-refractivity contribution in [3.63, 3.8) is 0 Å². The van der Waals surface area contributed by atoms with Gasteiger partial charge >= 0.3 is 0 Å². The van der Waals surface area contributed by atoms with Gasteiger partial charge in [0.2, 0.25) is 0 Å². The highest BCUT2D eigenvalue weighted by atomic mass is 32.5. The summed E-state index contributed by atoms with van der Waals surface area (Å²) in [6, 6.07) is 0. The van der Waals surface area contributed by atoms with E-state index in [0.29, 0.717) is 0 Å². The monoisotopic (exact) mass is 130 g/mol. The van der Waals surface area contributed by atoms with Crippen molar-refractivity contribution in [2.24, 2.45) is 5.50 Å². The molecule has 0 amide bonds. The Hall–Kier alpha value is 0.490. The van der Waals surface area contributed by atoms with Crippen molar-refractivity contribution in [3.05, 3.63) is 0 Å². The van der Waals surface area contributed by atoms with Gasteiger partial charge in [0.1, 0.15) is 0 Å². The zero-order valence-electron chi connectivity index (χ0n) is 3.03. The van der Waals surface area contributed by atoms with Crippen LogP contribution in [0.3, 0.4) is 0 Å². The highest BCUT2D eigenvalue weighted by Crippen LogP contribution is 2.20. The summed E-state index contributed by atoms with van der Waals surface area (Å²) in [7, 11) is 0. The first-order valence-corrected chi connectivity index (χ1v) is 3.62. The molecule has 0 bridgehead atoms. The largest absolute Gasteiger partial charge is 0.344 e. The minimum Gasteiger partial charge on any atom is -0.344 e. The van der Waals surface area contributed by atoms with E-state index in [2.05, 4.69) is 17.3 Å². The summed E-state index contributed by atoms with van der Waals surface area (Å²) in [4.78, 5) is 15.6. The number of nitrogens with two attached hydrogens (primary N) is 1. The molecule has 0 fully saturated rings. The van der Waals surface area contributed by atoms with Gasteiger partial charge in [-0.25, -0.2) is 0 Å². The molecule has 0 rings (SSSR count). The SMILES string of the molecule is N.NP(O)(O)=S. The molecule has 0 spiro atoms. The highest BCUT2D eigenvalue weighted by Gasteiger charge is 1.88. The lowest BCUT2D eigenvalue weighted by Crippen LogP contribution is -1.86. The summed E-state index contributed by atoms with van der Waals surface area (Å²) >= 11 is 3.83. The number of hydrogen-bond acceptors (Lipinski definition) is 2. The van der Waals surface area contributed by atoms with Gasteiger partial charge in [0.05, 0.1) is 0 Å². The van der Waals surface area contributed by atoms with Crippen molar-refractivity contribution < 1.29 is 9.79 Å². The fourth-order valence-electron chi connectivity index (χ4n) is 0. The van der Waals surface area contributed by atoms with Crippen LogP contribution in [-0.2, 0) is 11.8 Å². The number of hydrogen-bond donors (Lipinski definition) is 4. The molecule has 6 heavy (non-hydrogen) atoms. The van der Waals surface area contributed by atoms with E-state index >= 15 is 0 Å². The van der Waals surface area contributed by atoms with Crippen molar-refractivity contribution >= 4 is 18.4 Å². The van der Waals surface area contributed by atoms with Gasteiger partial charge in [0, 0.05) is 0 Å². The van der Waals surface area contributed by atoms with Gasteiger partial charge in [-0.15, -0.1) is 0 Å². The fourth-order valence-corrected chi connectivity index (χ4v) is 0. The maximum absolute atomic E-state index is 7.78. The second kappa shape index (κ2) is 2.63. The molecule has 0 unspecified atom stereocenters. The molecule has 7 N–H and O–H groups in total. The van der Waals surface area contributed by atoms with E-state index in [-0.39, 0.29) is 6.15 Å². The molecule has 0 radical (unpaired) electrons. The van der Waals surface area contributed by atoms with Crippen molar-refractivity contribution in [1.82, 2.24) is 6.15 Å². The maximum Gasteiger partial charge on any atom is 0.253 e. The van der Waals surface area contributed by atoms with E-state index in [0.717, 1.165) is 0 Å². The Kier molecular flexibility index (Phi) is 4.25. The summed E-state index contributed by atoms with van der Waals surface area (Å²) in [5.74, 6) is 0. The van der Waals surface area contributed by atoms with E-state index in [9.17, 15) is 0 Å². The average Bonchev–Trinajstić information content (AvgIpc) is 0.722. The lowest BCUT2D eigenvalue weighted by atomic mass is 13.9. The zero-order chi connectivity index (χ0) is 4.50. The Labute approximate surface area is 40.8 Å². The molecule has 40 valence electrons. The van der Waals surface area contributed by atoms with Crippen LogP contribution in [0.5, 0.6) is 0 Å². The van der Waals surface area contributed by atoms with Crippen LogP contribution in [0.2, 0.25) is 0 Å². The quantitative estimate of drug-likeness (QED) is 0.325. The van der Waals surface area contributed by atoms with E-state index in [1.165, 1.54) is 0 Å². The Morgan fingerprint density at radius 3 is 1.50 bits per heavy atom. The lowest BCUT2D eigenvalue weighted by Gasteiger charge is -1.90. The van der Waals surface area contributed by atoms with Crippen molar-refractivity contribution in [2.45, 2.75) is 0 Å². The second-order valence-electron chi connectivity index (χ2n) is 0.589. The van der Waals surface area contributed by atoms with Gasteiger partial charge in [-0.2, -0.15) is 0 Å². The highest BCUT2D eigenvalue weighted by molar-refractivity contribution is 8.07. The molecule has 4 nitrogen and oxygen atoms in total. The van der Waals surface area contributed by atoms with Crippen LogP contribution in [0, 0.1) is 0 Å². The molecule has 0 heterocycles. The fraction of sp³-hybridized carbons (Fsp3) is 0. The third-order valence-electron chi connectivity index (χ3n) is 0. The topological polar surface area (TPSA) is 101 Å². The third kappa shape index (κ3) is 228. The Morgan fingerprint density at radius 2 is 1.50 bits per heavy atom. The van der Waals surface area contributed by atoms with E-state index in [4.69, 9.17) is 9.79 Å². The van der Waals surface area contributed by atoms with Crippen LogP contribution >= 0.6 is 6.64 Å². The van der Waals surface area contributed by atoms with Crippen molar-refractivity contribution in [2.75, 3.05) is 0 Å². The normalized spacial score (nSPS) is 9.83. The molecule has 0 aromatic heterocycles. The van der Waals surface area contributed by atoms with E-state index < -0.39 is 6.64 Å². The van der Waals surface area contributed by atoms with E-state index in [1.54, 1.807) is 0 Å². The molecule has 0 saturated heterocycles. The van der Waals surface area contributed by atoms with Crippen LogP contribution in [0.15, 0.2) is 0 Å². The molecule has 0 aromatic carbocycles. The standard InChI is InChI=1S/H4NO2PS.H3N/c1-4(2,3)5;/h(H4,1,2,3,5);1H3. The van der Waals surface area contributed by atoms with Crippen LogP contribution in [-0.4, -0.2) is 9.79 Å². The second-order valence-corrected chi connectivity index (χ2v) is 3.38. The smallest absolute Gasteiger partial charge is 0.253 e. The summed E-state index contributed by atoms with van der Waals surface area (Å²) in [5, 5.41) is 0. The summed E-state index contributed by atoms with van der Waals surface area (Å²) < 4.78 is 0. The Morgan fingerprint density at radius 1 is 1.50 bits per heavy atom. The first kappa shape index (κ1) is 9.70. The van der Waals surface area contributed by atoms with Crippen molar-refractivity contribution in [3.8, 4) is 0 Å². The first-order chi connectivity index (χ1) is 2.00. The van der Waals surface area contributed by atoms with Gasteiger partial charge in [0.25, 0.3) is 6.64 Å². The zero-order valence-corrected chi connectivity index (χ0v) is 4.75. The van der Waals surface area contributed by atoms with Crippen LogP contribution < -0.4 is 11.7 Å². The van der Waals surface area contributed by atoms with Gasteiger partial charge in [-0.05, 0) is 11.8 Å². The molecule has 0 saturated carbocycles. The molecule has 0 aliphatic heterocycles. The average molecular weight is 130 g/mol. The summed E-state index contributed by atoms with van der Waals surface area (Å²) in [6.45, 7) is -3.31. The molecule has 0 aromatic rings. The molecule has 0 aliphatic rings. The minimum atomic E-state index is -3.31. The van der Waals surface area contributed by atoms with Gasteiger partial charge in [0.15, 0.2) is 0 Å². The molecule has 0 atom stereocenters.